The fourth-order valence-corrected chi connectivity index (χ4v) is 2.59. The molecular weight excluding hydrogens is 343 g/mol. The fraction of sp³-hybridized carbons (Fsp3) is 0.0526. The predicted octanol–water partition coefficient (Wildman–Crippen LogP) is 5.83. The average Bonchev–Trinajstić information content (AvgIpc) is 2.57. The maximum atomic E-state index is 14.2. The Bertz CT molecular complexity index is 771. The molecule has 3 rings (SSSR count). The van der Waals surface area contributed by atoms with Crippen LogP contribution in [0.5, 0.6) is 5.75 Å². The molecule has 0 saturated carbocycles. The summed E-state index contributed by atoms with van der Waals surface area (Å²) >= 11 is 3.22. The summed E-state index contributed by atoms with van der Waals surface area (Å²) in [6.45, 7) is 0.491. The minimum absolute atomic E-state index is 0.261. The van der Waals surface area contributed by atoms with Crippen LogP contribution in [-0.4, -0.2) is 0 Å². The number of ether oxygens (including phenoxy) is 1. The molecule has 0 spiro atoms. The predicted molar refractivity (Wildman–Crippen MR) is 90.3 cm³/mol. The average molecular weight is 357 g/mol. The molecule has 22 heavy (non-hydrogen) atoms. The third kappa shape index (κ3) is 3.37. The highest BCUT2D eigenvalue weighted by atomic mass is 79.9. The van der Waals surface area contributed by atoms with Crippen LogP contribution in [0.15, 0.2) is 77.3 Å². The molecule has 0 aromatic heterocycles. The summed E-state index contributed by atoms with van der Waals surface area (Å²) in [4.78, 5) is 0. The van der Waals surface area contributed by atoms with Crippen molar-refractivity contribution in [3.8, 4) is 16.9 Å². The fourth-order valence-electron chi connectivity index (χ4n) is 2.22. The van der Waals surface area contributed by atoms with Crippen LogP contribution in [0.1, 0.15) is 5.56 Å². The lowest BCUT2D eigenvalue weighted by Gasteiger charge is -2.09. The van der Waals surface area contributed by atoms with Crippen LogP contribution in [0.25, 0.3) is 11.1 Å². The van der Waals surface area contributed by atoms with Crippen molar-refractivity contribution in [2.75, 3.05) is 0 Å². The molecular formula is C19H14BrFO. The second-order valence-electron chi connectivity index (χ2n) is 4.90. The molecule has 3 aromatic carbocycles. The molecule has 110 valence electrons. The Hall–Kier alpha value is -2.13. The summed E-state index contributed by atoms with van der Waals surface area (Å²) in [5.41, 5.74) is 2.45. The molecule has 0 aliphatic carbocycles. The maximum Gasteiger partial charge on any atom is 0.145 e. The smallest absolute Gasteiger partial charge is 0.145 e. The van der Waals surface area contributed by atoms with E-state index < -0.39 is 0 Å². The third-order valence-corrected chi connectivity index (χ3v) is 3.96. The van der Waals surface area contributed by atoms with Crippen LogP contribution >= 0.6 is 15.9 Å². The van der Waals surface area contributed by atoms with Gasteiger partial charge in [-0.15, -0.1) is 0 Å². The van der Waals surface area contributed by atoms with E-state index in [0.717, 1.165) is 16.9 Å². The minimum atomic E-state index is -0.261. The number of rotatable bonds is 4. The Balaban J connectivity index is 1.82. The Kier molecular flexibility index (Phi) is 4.54. The zero-order chi connectivity index (χ0) is 15.4. The van der Waals surface area contributed by atoms with Crippen molar-refractivity contribution in [3.05, 3.63) is 88.6 Å². The highest BCUT2D eigenvalue weighted by molar-refractivity contribution is 9.10. The van der Waals surface area contributed by atoms with Gasteiger partial charge in [-0.25, -0.2) is 4.39 Å². The van der Waals surface area contributed by atoms with Crippen molar-refractivity contribution in [3.63, 3.8) is 0 Å². The second-order valence-corrected chi connectivity index (χ2v) is 5.76. The van der Waals surface area contributed by atoms with Crippen LogP contribution in [0.2, 0.25) is 0 Å². The lowest BCUT2D eigenvalue weighted by Crippen LogP contribution is -1.95. The monoisotopic (exact) mass is 356 g/mol. The number of halogens is 2. The zero-order valence-electron chi connectivity index (χ0n) is 11.8. The van der Waals surface area contributed by atoms with Gasteiger partial charge in [-0.05, 0) is 45.3 Å². The van der Waals surface area contributed by atoms with E-state index >= 15 is 0 Å². The summed E-state index contributed by atoms with van der Waals surface area (Å²) in [6.07, 6.45) is 0. The second kappa shape index (κ2) is 6.75. The molecule has 0 heterocycles. The number of hydrogen-bond donors (Lipinski definition) is 0. The highest BCUT2D eigenvalue weighted by Crippen LogP contribution is 2.30. The first-order chi connectivity index (χ1) is 10.7. The zero-order valence-corrected chi connectivity index (χ0v) is 13.4. The Morgan fingerprint density at radius 1 is 0.864 bits per heavy atom. The van der Waals surface area contributed by atoms with Crippen LogP contribution in [0.4, 0.5) is 4.39 Å². The lowest BCUT2D eigenvalue weighted by atomic mass is 10.1. The molecule has 0 fully saturated rings. The van der Waals surface area contributed by atoms with Gasteiger partial charge in [-0.1, -0.05) is 54.6 Å². The summed E-state index contributed by atoms with van der Waals surface area (Å²) in [5.74, 6) is 0.462. The first-order valence-electron chi connectivity index (χ1n) is 6.95. The maximum absolute atomic E-state index is 14.2. The van der Waals surface area contributed by atoms with Gasteiger partial charge in [0.15, 0.2) is 0 Å². The normalized spacial score (nSPS) is 10.5. The molecule has 0 aliphatic rings. The molecule has 1 nitrogen and oxygen atoms in total. The van der Waals surface area contributed by atoms with Gasteiger partial charge in [0.25, 0.3) is 0 Å². The van der Waals surface area contributed by atoms with Gasteiger partial charge >= 0.3 is 0 Å². The van der Waals surface area contributed by atoms with Crippen molar-refractivity contribution < 1.29 is 9.13 Å². The van der Waals surface area contributed by atoms with E-state index in [4.69, 9.17) is 4.74 Å². The van der Waals surface area contributed by atoms with Gasteiger partial charge in [0.2, 0.25) is 0 Å². The summed E-state index contributed by atoms with van der Waals surface area (Å²) in [7, 11) is 0. The first-order valence-corrected chi connectivity index (χ1v) is 7.74. The molecule has 0 N–H and O–H groups in total. The molecule has 0 radical (unpaired) electrons. The van der Waals surface area contributed by atoms with E-state index in [1.54, 1.807) is 12.1 Å². The molecule has 0 atom stereocenters. The topological polar surface area (TPSA) is 9.23 Å². The lowest BCUT2D eigenvalue weighted by molar-refractivity contribution is 0.306. The summed E-state index contributed by atoms with van der Waals surface area (Å²) < 4.78 is 20.4. The van der Waals surface area contributed by atoms with Crippen LogP contribution in [0.3, 0.4) is 0 Å². The Morgan fingerprint density at radius 3 is 2.45 bits per heavy atom. The molecule has 0 amide bonds. The molecule has 0 aliphatic heterocycles. The number of hydrogen-bond acceptors (Lipinski definition) is 1. The van der Waals surface area contributed by atoms with E-state index in [0.29, 0.717) is 16.6 Å². The van der Waals surface area contributed by atoms with Gasteiger partial charge in [0.05, 0.1) is 4.47 Å². The standard InChI is InChI=1S/C19H14BrFO/c20-18-11-5-10-17(19(18)21)15-8-4-9-16(12-15)22-13-14-6-2-1-3-7-14/h1-12H,13H2. The molecule has 3 heteroatoms. The van der Waals surface area contributed by atoms with Crippen molar-refractivity contribution in [2.24, 2.45) is 0 Å². The quantitative estimate of drug-likeness (QED) is 0.570. The van der Waals surface area contributed by atoms with Crippen molar-refractivity contribution >= 4 is 15.9 Å². The minimum Gasteiger partial charge on any atom is -0.489 e. The Labute approximate surface area is 137 Å². The van der Waals surface area contributed by atoms with Crippen LogP contribution in [0, 0.1) is 5.82 Å². The van der Waals surface area contributed by atoms with E-state index in [1.807, 2.05) is 60.7 Å². The van der Waals surface area contributed by atoms with Gasteiger partial charge < -0.3 is 4.74 Å². The Morgan fingerprint density at radius 2 is 1.64 bits per heavy atom. The third-order valence-electron chi connectivity index (χ3n) is 3.34. The van der Waals surface area contributed by atoms with E-state index in [2.05, 4.69) is 15.9 Å². The van der Waals surface area contributed by atoms with E-state index in [-0.39, 0.29) is 5.82 Å². The summed E-state index contributed by atoms with van der Waals surface area (Å²) in [6, 6.07) is 22.7. The van der Waals surface area contributed by atoms with E-state index in [1.165, 1.54) is 0 Å². The van der Waals surface area contributed by atoms with Crippen molar-refractivity contribution in [2.45, 2.75) is 6.61 Å². The summed E-state index contributed by atoms with van der Waals surface area (Å²) in [5, 5.41) is 0. The molecule has 0 bridgehead atoms. The first kappa shape index (κ1) is 14.8. The van der Waals surface area contributed by atoms with Gasteiger partial charge in [0.1, 0.15) is 18.2 Å². The van der Waals surface area contributed by atoms with Crippen molar-refractivity contribution in [1.29, 1.82) is 0 Å². The SMILES string of the molecule is Fc1c(Br)cccc1-c1cccc(OCc2ccccc2)c1. The number of benzene rings is 3. The molecule has 0 unspecified atom stereocenters. The van der Waals surface area contributed by atoms with Crippen LogP contribution in [-0.2, 0) is 6.61 Å². The van der Waals surface area contributed by atoms with Gasteiger partial charge in [-0.3, -0.25) is 0 Å². The van der Waals surface area contributed by atoms with E-state index in [9.17, 15) is 4.39 Å². The molecule has 0 saturated heterocycles. The highest BCUT2D eigenvalue weighted by Gasteiger charge is 2.08. The van der Waals surface area contributed by atoms with Crippen molar-refractivity contribution in [1.82, 2.24) is 0 Å². The van der Waals surface area contributed by atoms with Gasteiger partial charge in [-0.2, -0.15) is 0 Å². The van der Waals surface area contributed by atoms with Crippen LogP contribution < -0.4 is 4.74 Å². The molecule has 3 aromatic rings. The van der Waals surface area contributed by atoms with Gasteiger partial charge in [0, 0.05) is 5.56 Å². The largest absolute Gasteiger partial charge is 0.489 e.